The molecule has 4 aliphatic carbocycles. The zero-order valence-corrected chi connectivity index (χ0v) is 7.95. The number of hydrogen-bond acceptors (Lipinski definition) is 0. The zero-order chi connectivity index (χ0) is 8.89. The van der Waals surface area contributed by atoms with Crippen LogP contribution in [0.4, 0.5) is 0 Å². The maximum Gasteiger partial charge on any atom is 0.263 e. The Bertz CT molecular complexity index is 241. The third-order valence-electron chi connectivity index (χ3n) is 4.42. The average Bonchev–Trinajstić information content (AvgIpc) is 2.00. The van der Waals surface area contributed by atoms with Gasteiger partial charge in [0.05, 0.1) is 5.41 Å². The van der Waals surface area contributed by atoms with Gasteiger partial charge in [-0.15, -0.1) is 0 Å². The van der Waals surface area contributed by atoms with Gasteiger partial charge in [-0.2, -0.15) is 4.79 Å². The van der Waals surface area contributed by atoms with Crippen molar-refractivity contribution in [1.29, 1.82) is 0 Å². The standard InChI is InChI=1S/C11H16N2/c12-13-7-11-4-8-1-9(5-11)3-10(2-8)6-11/h7-10H,1-6H2. The van der Waals surface area contributed by atoms with Gasteiger partial charge in [0.25, 0.3) is 6.21 Å². The molecule has 4 aliphatic rings. The molecule has 0 radical (unpaired) electrons. The van der Waals surface area contributed by atoms with Crippen LogP contribution in [-0.2, 0) is 0 Å². The van der Waals surface area contributed by atoms with Gasteiger partial charge in [0.1, 0.15) is 0 Å². The largest absolute Gasteiger partial charge is 0.362 e. The van der Waals surface area contributed by atoms with Gasteiger partial charge in [0.2, 0.25) is 0 Å². The van der Waals surface area contributed by atoms with Crippen LogP contribution in [0.3, 0.4) is 0 Å². The van der Waals surface area contributed by atoms with Crippen LogP contribution in [0.2, 0.25) is 0 Å². The second-order valence-corrected chi connectivity index (χ2v) is 5.52. The van der Waals surface area contributed by atoms with E-state index in [9.17, 15) is 0 Å². The second-order valence-electron chi connectivity index (χ2n) is 5.52. The lowest BCUT2D eigenvalue weighted by atomic mass is 9.50. The van der Waals surface area contributed by atoms with Gasteiger partial charge in [-0.1, -0.05) is 0 Å². The van der Waals surface area contributed by atoms with E-state index in [0.29, 0.717) is 5.41 Å². The summed E-state index contributed by atoms with van der Waals surface area (Å²) in [6, 6.07) is 0. The highest BCUT2D eigenvalue weighted by Crippen LogP contribution is 2.58. The average molecular weight is 176 g/mol. The lowest BCUT2D eigenvalue weighted by Crippen LogP contribution is -2.46. The normalized spacial score (nSPS) is 51.8. The quantitative estimate of drug-likeness (QED) is 0.334. The maximum atomic E-state index is 8.70. The maximum absolute atomic E-state index is 8.70. The van der Waals surface area contributed by atoms with Crippen molar-refractivity contribution in [2.24, 2.45) is 23.2 Å². The Morgan fingerprint density at radius 2 is 1.46 bits per heavy atom. The molecule has 0 spiro atoms. The van der Waals surface area contributed by atoms with E-state index < -0.39 is 0 Å². The van der Waals surface area contributed by atoms with Gasteiger partial charge >= 0.3 is 0 Å². The minimum atomic E-state index is 0.309. The van der Waals surface area contributed by atoms with Crippen LogP contribution in [0, 0.1) is 23.2 Å². The van der Waals surface area contributed by atoms with Gasteiger partial charge in [0, 0.05) is 0 Å². The second kappa shape index (κ2) is 2.45. The minimum absolute atomic E-state index is 0.309. The molecule has 0 unspecified atom stereocenters. The monoisotopic (exact) mass is 176 g/mol. The Morgan fingerprint density at radius 1 is 1.00 bits per heavy atom. The molecule has 0 heterocycles. The molecule has 70 valence electrons. The summed E-state index contributed by atoms with van der Waals surface area (Å²) >= 11 is 0. The van der Waals surface area contributed by atoms with Crippen molar-refractivity contribution < 1.29 is 4.79 Å². The lowest BCUT2D eigenvalue weighted by Gasteiger charge is -2.53. The molecule has 0 atom stereocenters. The number of rotatable bonds is 1. The summed E-state index contributed by atoms with van der Waals surface area (Å²) in [5, 5.41) is 0. The third-order valence-corrected chi connectivity index (χ3v) is 4.42. The molecule has 13 heavy (non-hydrogen) atoms. The van der Waals surface area contributed by atoms with E-state index in [1.54, 1.807) is 0 Å². The third kappa shape index (κ3) is 1.08. The van der Waals surface area contributed by atoms with Crippen molar-refractivity contribution in [2.45, 2.75) is 38.5 Å². The first-order chi connectivity index (χ1) is 6.30. The highest BCUT2D eigenvalue weighted by molar-refractivity contribution is 5.61. The van der Waals surface area contributed by atoms with Crippen molar-refractivity contribution in [3.63, 3.8) is 0 Å². The van der Waals surface area contributed by atoms with Gasteiger partial charge in [-0.3, -0.25) is 0 Å². The molecular weight excluding hydrogens is 160 g/mol. The number of nitrogens with zero attached hydrogens (tertiary/aromatic N) is 2. The topological polar surface area (TPSA) is 36.4 Å². The van der Waals surface area contributed by atoms with Crippen molar-refractivity contribution in [1.82, 2.24) is 0 Å². The molecule has 0 aromatic heterocycles. The Morgan fingerprint density at radius 3 is 1.85 bits per heavy atom. The predicted octanol–water partition coefficient (Wildman–Crippen LogP) is 2.50. The van der Waals surface area contributed by atoms with E-state index in [1.165, 1.54) is 38.5 Å². The van der Waals surface area contributed by atoms with Crippen LogP contribution < -0.4 is 0 Å². The molecule has 0 saturated heterocycles. The first-order valence-electron chi connectivity index (χ1n) is 5.48. The Labute approximate surface area is 79.0 Å². The van der Waals surface area contributed by atoms with Gasteiger partial charge in [0.15, 0.2) is 0 Å². The van der Waals surface area contributed by atoms with Crippen LogP contribution in [0.15, 0.2) is 0 Å². The summed E-state index contributed by atoms with van der Waals surface area (Å²) in [5.74, 6) is 2.85. The summed E-state index contributed by atoms with van der Waals surface area (Å²) in [5.41, 5.74) is 9.00. The van der Waals surface area contributed by atoms with Gasteiger partial charge in [-0.05, 0) is 56.3 Å². The fourth-order valence-corrected chi connectivity index (χ4v) is 4.46. The lowest BCUT2D eigenvalue weighted by molar-refractivity contribution is -0.0564. The van der Waals surface area contributed by atoms with Gasteiger partial charge in [-0.25, -0.2) is 0 Å². The zero-order valence-electron chi connectivity index (χ0n) is 7.95. The molecule has 4 rings (SSSR count). The fraction of sp³-hybridized carbons (Fsp3) is 0.909. The van der Waals surface area contributed by atoms with Crippen LogP contribution in [0.5, 0.6) is 0 Å². The molecule has 4 fully saturated rings. The van der Waals surface area contributed by atoms with E-state index in [2.05, 4.69) is 4.79 Å². The SMILES string of the molecule is [N-]=[N+]=CC12CC3CC(CC(C3)C1)C2. The molecule has 0 aromatic rings. The Balaban J connectivity index is 1.95. The highest BCUT2D eigenvalue weighted by atomic mass is 14.8. The highest BCUT2D eigenvalue weighted by Gasteiger charge is 2.52. The van der Waals surface area contributed by atoms with Crippen LogP contribution in [-0.4, -0.2) is 11.0 Å². The molecule has 0 N–H and O–H groups in total. The molecule has 2 heteroatoms. The molecule has 0 amide bonds. The van der Waals surface area contributed by atoms with Crippen LogP contribution in [0.25, 0.3) is 5.53 Å². The first kappa shape index (κ1) is 7.75. The minimum Gasteiger partial charge on any atom is -0.362 e. The summed E-state index contributed by atoms with van der Waals surface area (Å²) in [6.45, 7) is 0. The molecule has 4 saturated carbocycles. The molecule has 0 aromatic carbocycles. The molecule has 2 nitrogen and oxygen atoms in total. The van der Waals surface area contributed by atoms with Crippen LogP contribution in [0.1, 0.15) is 38.5 Å². The smallest absolute Gasteiger partial charge is 0.263 e. The van der Waals surface area contributed by atoms with E-state index in [4.69, 9.17) is 5.53 Å². The molecular formula is C11H16N2. The first-order valence-corrected chi connectivity index (χ1v) is 5.48. The summed E-state index contributed by atoms with van der Waals surface area (Å²) < 4.78 is 0. The van der Waals surface area contributed by atoms with E-state index in [0.717, 1.165) is 17.8 Å². The Hall–Kier alpha value is -0.620. The molecule has 4 bridgehead atoms. The summed E-state index contributed by atoms with van der Waals surface area (Å²) in [7, 11) is 0. The van der Waals surface area contributed by atoms with Crippen molar-refractivity contribution in [2.75, 3.05) is 0 Å². The Kier molecular flexibility index (Phi) is 1.46. The summed E-state index contributed by atoms with van der Waals surface area (Å²) in [4.78, 5) is 3.30. The van der Waals surface area contributed by atoms with Crippen molar-refractivity contribution in [3.05, 3.63) is 5.53 Å². The van der Waals surface area contributed by atoms with Gasteiger partial charge < -0.3 is 5.53 Å². The van der Waals surface area contributed by atoms with Crippen LogP contribution >= 0.6 is 0 Å². The fourth-order valence-electron chi connectivity index (χ4n) is 4.46. The van der Waals surface area contributed by atoms with E-state index >= 15 is 0 Å². The van der Waals surface area contributed by atoms with E-state index in [1.807, 2.05) is 6.21 Å². The molecule has 0 aliphatic heterocycles. The van der Waals surface area contributed by atoms with Crippen molar-refractivity contribution in [3.8, 4) is 0 Å². The van der Waals surface area contributed by atoms with Crippen molar-refractivity contribution >= 4 is 6.21 Å². The predicted molar refractivity (Wildman–Crippen MR) is 50.3 cm³/mol. The summed E-state index contributed by atoms with van der Waals surface area (Å²) in [6.07, 6.45) is 10.1. The van der Waals surface area contributed by atoms with E-state index in [-0.39, 0.29) is 0 Å². The number of hydrogen-bond donors (Lipinski definition) is 0.